The second-order valence-corrected chi connectivity index (χ2v) is 7.13. The van der Waals surface area contributed by atoms with Crippen LogP contribution in [-0.4, -0.2) is 33.1 Å². The summed E-state index contributed by atoms with van der Waals surface area (Å²) < 4.78 is 59.5. The quantitative estimate of drug-likeness (QED) is 0.376. The molecule has 4 aromatic rings. The smallest absolute Gasteiger partial charge is 0.433 e. The van der Waals surface area contributed by atoms with Crippen molar-refractivity contribution in [1.82, 2.24) is 15.0 Å². The van der Waals surface area contributed by atoms with Gasteiger partial charge in [-0.25, -0.2) is 24.1 Å². The number of nitrogens with zero attached hydrogens (tertiary/aromatic N) is 3. The molecule has 0 amide bonds. The number of benzene rings is 2. The van der Waals surface area contributed by atoms with E-state index in [-0.39, 0.29) is 17.1 Å². The first-order chi connectivity index (χ1) is 16.2. The summed E-state index contributed by atoms with van der Waals surface area (Å²) in [5, 5.41) is 9.17. The van der Waals surface area contributed by atoms with Crippen LogP contribution < -0.4 is 4.74 Å². The number of pyridine rings is 1. The van der Waals surface area contributed by atoms with E-state index in [1.807, 2.05) is 0 Å². The molecule has 2 aromatic heterocycles. The first-order valence-corrected chi connectivity index (χ1v) is 9.76. The van der Waals surface area contributed by atoms with Crippen molar-refractivity contribution in [2.24, 2.45) is 0 Å². The van der Waals surface area contributed by atoms with Crippen LogP contribution in [0.1, 0.15) is 16.1 Å². The van der Waals surface area contributed by atoms with Crippen molar-refractivity contribution in [2.75, 3.05) is 7.11 Å². The van der Waals surface area contributed by atoms with Gasteiger partial charge in [0, 0.05) is 23.4 Å². The van der Waals surface area contributed by atoms with Crippen LogP contribution in [0.3, 0.4) is 0 Å². The fraction of sp³-hybridized carbons (Fsp3) is 0.0833. The summed E-state index contributed by atoms with van der Waals surface area (Å²) in [4.78, 5) is 23.3. The molecule has 0 aliphatic heterocycles. The number of aromatic carboxylic acids is 1. The minimum absolute atomic E-state index is 0.00725. The van der Waals surface area contributed by atoms with E-state index in [1.165, 1.54) is 43.6 Å². The van der Waals surface area contributed by atoms with Gasteiger partial charge in [-0.05, 0) is 41.5 Å². The Hall–Kier alpha value is -4.34. The molecule has 0 spiro atoms. The third-order valence-electron chi connectivity index (χ3n) is 4.91. The van der Waals surface area contributed by atoms with E-state index in [9.17, 15) is 22.4 Å². The van der Waals surface area contributed by atoms with Gasteiger partial charge in [0.25, 0.3) is 0 Å². The maximum absolute atomic E-state index is 13.8. The van der Waals surface area contributed by atoms with Gasteiger partial charge < -0.3 is 9.84 Å². The molecular formula is C24H15F4N3O3. The lowest BCUT2D eigenvalue weighted by Gasteiger charge is -2.12. The van der Waals surface area contributed by atoms with Crippen molar-refractivity contribution in [1.29, 1.82) is 0 Å². The number of methoxy groups -OCH3 is 1. The molecule has 4 rings (SSSR count). The molecule has 1 N–H and O–H groups in total. The first kappa shape index (κ1) is 22.8. The average molecular weight is 469 g/mol. The normalized spacial score (nSPS) is 11.3. The molecule has 34 heavy (non-hydrogen) atoms. The topological polar surface area (TPSA) is 85.2 Å². The van der Waals surface area contributed by atoms with E-state index in [2.05, 4.69) is 15.0 Å². The minimum Gasteiger partial charge on any atom is -0.481 e. The molecule has 0 fully saturated rings. The number of hydrogen-bond donors (Lipinski definition) is 1. The predicted molar refractivity (Wildman–Crippen MR) is 115 cm³/mol. The first-order valence-electron chi connectivity index (χ1n) is 9.76. The van der Waals surface area contributed by atoms with Crippen LogP contribution in [-0.2, 0) is 6.18 Å². The Morgan fingerprint density at radius 2 is 1.62 bits per heavy atom. The molecule has 0 saturated heterocycles. The van der Waals surface area contributed by atoms with Crippen LogP contribution in [0.2, 0.25) is 0 Å². The second-order valence-electron chi connectivity index (χ2n) is 7.13. The van der Waals surface area contributed by atoms with E-state index in [0.717, 1.165) is 18.2 Å². The number of rotatable bonds is 5. The highest BCUT2D eigenvalue weighted by Crippen LogP contribution is 2.33. The number of ether oxygens (including phenoxy) is 1. The van der Waals surface area contributed by atoms with Crippen molar-refractivity contribution in [3.05, 3.63) is 83.9 Å². The fourth-order valence-corrected chi connectivity index (χ4v) is 3.23. The van der Waals surface area contributed by atoms with Crippen LogP contribution in [0, 0.1) is 5.82 Å². The Morgan fingerprint density at radius 3 is 2.26 bits per heavy atom. The van der Waals surface area contributed by atoms with Crippen molar-refractivity contribution < 1.29 is 32.2 Å². The summed E-state index contributed by atoms with van der Waals surface area (Å²) in [6.07, 6.45) is -3.38. The van der Waals surface area contributed by atoms with Crippen LogP contribution in [0.15, 0.2) is 66.9 Å². The summed E-state index contributed by atoms with van der Waals surface area (Å²) in [7, 11) is 1.42. The molecule has 0 saturated carbocycles. The van der Waals surface area contributed by atoms with Crippen LogP contribution in [0.5, 0.6) is 5.88 Å². The third kappa shape index (κ3) is 4.70. The maximum atomic E-state index is 13.8. The zero-order valence-corrected chi connectivity index (χ0v) is 17.5. The molecule has 2 aromatic carbocycles. The monoisotopic (exact) mass is 469 g/mol. The Kier molecular flexibility index (Phi) is 5.97. The predicted octanol–water partition coefficient (Wildman–Crippen LogP) is 5.74. The van der Waals surface area contributed by atoms with Crippen LogP contribution >= 0.6 is 0 Å². The molecular weight excluding hydrogens is 454 g/mol. The fourth-order valence-electron chi connectivity index (χ4n) is 3.23. The van der Waals surface area contributed by atoms with Crippen molar-refractivity contribution in [2.45, 2.75) is 6.18 Å². The zero-order chi connectivity index (χ0) is 24.5. The van der Waals surface area contributed by atoms with Crippen molar-refractivity contribution in [3.8, 4) is 39.7 Å². The highest BCUT2D eigenvalue weighted by Gasteiger charge is 2.34. The lowest BCUT2D eigenvalue weighted by molar-refractivity contribution is -0.141. The summed E-state index contributed by atoms with van der Waals surface area (Å²) in [5.41, 5.74) is -0.242. The molecule has 0 atom stereocenters. The number of aromatic nitrogens is 3. The number of carboxylic acid groups (broad SMARTS) is 1. The maximum Gasteiger partial charge on any atom is 0.433 e. The number of halogens is 4. The van der Waals surface area contributed by atoms with E-state index in [4.69, 9.17) is 9.84 Å². The molecule has 2 heterocycles. The molecule has 10 heteroatoms. The standard InChI is InChI=1S/C24H15F4N3O3/c1-34-21-8-6-16(12-29-21)19-11-20(24(26,27)28)31-22(30-19)15-4-2-3-13(9-15)14-5-7-18(25)17(10-14)23(32)33/h2-12H,1H3,(H,32,33). The van der Waals surface area contributed by atoms with Gasteiger partial charge in [0.1, 0.15) is 11.5 Å². The van der Waals surface area contributed by atoms with Crippen LogP contribution in [0.4, 0.5) is 17.6 Å². The SMILES string of the molecule is COc1ccc(-c2cc(C(F)(F)F)nc(-c3cccc(-c4ccc(F)c(C(=O)O)c4)c3)n2)cn1. The molecule has 0 aliphatic carbocycles. The molecule has 0 aliphatic rings. The number of carboxylic acids is 1. The van der Waals surface area contributed by atoms with E-state index in [1.54, 1.807) is 12.1 Å². The number of alkyl halides is 3. The van der Waals surface area contributed by atoms with Gasteiger partial charge in [-0.3, -0.25) is 0 Å². The molecule has 0 bridgehead atoms. The Labute approximate surface area is 190 Å². The summed E-state index contributed by atoms with van der Waals surface area (Å²) in [6, 6.07) is 13.6. The number of carbonyl (C=O) groups is 1. The average Bonchev–Trinajstić information content (AvgIpc) is 2.83. The van der Waals surface area contributed by atoms with Crippen molar-refractivity contribution in [3.63, 3.8) is 0 Å². The minimum atomic E-state index is -4.72. The highest BCUT2D eigenvalue weighted by atomic mass is 19.4. The van der Waals surface area contributed by atoms with Gasteiger partial charge in [0.2, 0.25) is 5.88 Å². The summed E-state index contributed by atoms with van der Waals surface area (Å²) >= 11 is 0. The lowest BCUT2D eigenvalue weighted by atomic mass is 10.0. The molecule has 0 radical (unpaired) electrons. The molecule has 0 unspecified atom stereocenters. The van der Waals surface area contributed by atoms with Crippen LogP contribution in [0.25, 0.3) is 33.8 Å². The number of hydrogen-bond acceptors (Lipinski definition) is 5. The zero-order valence-electron chi connectivity index (χ0n) is 17.5. The van der Waals surface area contributed by atoms with E-state index in [0.29, 0.717) is 22.6 Å². The van der Waals surface area contributed by atoms with Gasteiger partial charge in [-0.2, -0.15) is 13.2 Å². The molecule has 6 nitrogen and oxygen atoms in total. The molecule has 172 valence electrons. The van der Waals surface area contributed by atoms with Gasteiger partial charge in [0.15, 0.2) is 5.82 Å². The van der Waals surface area contributed by atoms with Gasteiger partial charge in [-0.15, -0.1) is 0 Å². The Morgan fingerprint density at radius 1 is 0.912 bits per heavy atom. The van der Waals surface area contributed by atoms with Crippen molar-refractivity contribution >= 4 is 5.97 Å². The van der Waals surface area contributed by atoms with Gasteiger partial charge >= 0.3 is 12.1 Å². The lowest BCUT2D eigenvalue weighted by Crippen LogP contribution is -2.10. The highest BCUT2D eigenvalue weighted by molar-refractivity contribution is 5.90. The Bertz CT molecular complexity index is 1370. The second kappa shape index (κ2) is 8.89. The Balaban J connectivity index is 1.83. The van der Waals surface area contributed by atoms with Gasteiger partial charge in [0.05, 0.1) is 18.4 Å². The van der Waals surface area contributed by atoms with E-state index >= 15 is 0 Å². The largest absolute Gasteiger partial charge is 0.481 e. The van der Waals surface area contributed by atoms with E-state index < -0.39 is 29.2 Å². The van der Waals surface area contributed by atoms with Gasteiger partial charge in [-0.1, -0.05) is 24.3 Å². The summed E-state index contributed by atoms with van der Waals surface area (Å²) in [6.45, 7) is 0. The summed E-state index contributed by atoms with van der Waals surface area (Å²) in [5.74, 6) is -2.23. The third-order valence-corrected chi connectivity index (χ3v) is 4.91.